The summed E-state index contributed by atoms with van der Waals surface area (Å²) in [4.78, 5) is 53.2. The minimum absolute atomic E-state index is 0.100. The monoisotopic (exact) mass is 700 g/mol. The van der Waals surface area contributed by atoms with Crippen LogP contribution in [-0.4, -0.2) is 65.9 Å². The fourth-order valence-electron chi connectivity index (χ4n) is 5.74. The minimum atomic E-state index is -4.17. The molecule has 1 aliphatic rings. The van der Waals surface area contributed by atoms with E-state index in [0.29, 0.717) is 36.6 Å². The van der Waals surface area contributed by atoms with Gasteiger partial charge in [-0.05, 0) is 81.6 Å². The average Bonchev–Trinajstić information content (AvgIpc) is 3.43. The van der Waals surface area contributed by atoms with Crippen molar-refractivity contribution in [1.29, 1.82) is 0 Å². The maximum Gasteiger partial charge on any atom is 0.323 e. The van der Waals surface area contributed by atoms with Gasteiger partial charge in [-0.15, -0.1) is 0 Å². The topological polar surface area (TPSA) is 179 Å². The van der Waals surface area contributed by atoms with Crippen molar-refractivity contribution in [2.75, 3.05) is 23.7 Å². The van der Waals surface area contributed by atoms with Crippen molar-refractivity contribution >= 4 is 45.2 Å². The zero-order valence-corrected chi connectivity index (χ0v) is 29.0. The highest BCUT2D eigenvalue weighted by Gasteiger charge is 2.36. The second-order valence-electron chi connectivity index (χ2n) is 12.7. The Morgan fingerprint density at radius 1 is 0.920 bits per heavy atom. The Labute approximate surface area is 290 Å². The number of rotatable bonds is 11. The summed E-state index contributed by atoms with van der Waals surface area (Å²) < 4.78 is 29.4. The molecule has 0 saturated heterocycles. The fourth-order valence-corrected chi connectivity index (χ4v) is 6.92. The van der Waals surface area contributed by atoms with E-state index in [0.717, 1.165) is 16.7 Å². The molecule has 0 fully saturated rings. The van der Waals surface area contributed by atoms with Gasteiger partial charge < -0.3 is 30.5 Å². The van der Waals surface area contributed by atoms with E-state index in [1.807, 2.05) is 57.2 Å². The lowest BCUT2D eigenvalue weighted by Crippen LogP contribution is -2.48. The molecule has 5 rings (SSSR count). The molecule has 0 saturated carbocycles. The van der Waals surface area contributed by atoms with E-state index in [9.17, 15) is 32.7 Å². The summed E-state index contributed by atoms with van der Waals surface area (Å²) >= 11 is 0. The van der Waals surface area contributed by atoms with Crippen molar-refractivity contribution in [2.45, 2.75) is 57.1 Å². The predicted octanol–water partition coefficient (Wildman–Crippen LogP) is 4.69. The molecule has 3 aromatic carbocycles. The van der Waals surface area contributed by atoms with Gasteiger partial charge >= 0.3 is 12.0 Å². The number of hydrogen-bond acceptors (Lipinski definition) is 6. The van der Waals surface area contributed by atoms with E-state index in [2.05, 4.69) is 20.7 Å². The highest BCUT2D eigenvalue weighted by molar-refractivity contribution is 7.89. The first-order valence-electron chi connectivity index (χ1n) is 16.0. The van der Waals surface area contributed by atoms with E-state index in [4.69, 9.17) is 0 Å². The molecule has 0 spiro atoms. The molecule has 1 aliphatic heterocycles. The van der Waals surface area contributed by atoms with Gasteiger partial charge in [-0.25, -0.2) is 13.2 Å². The number of para-hydroxylation sites is 1. The van der Waals surface area contributed by atoms with Crippen LogP contribution >= 0.6 is 0 Å². The molecule has 0 aliphatic carbocycles. The Bertz CT molecular complexity index is 2020. The lowest BCUT2D eigenvalue weighted by molar-refractivity contribution is -0.138. The molecule has 262 valence electrons. The summed E-state index contributed by atoms with van der Waals surface area (Å²) in [5.74, 6) is -2.41. The number of fused-ring (bicyclic) bond motifs is 1. The van der Waals surface area contributed by atoms with Gasteiger partial charge in [0, 0.05) is 37.2 Å². The van der Waals surface area contributed by atoms with Gasteiger partial charge in [-0.2, -0.15) is 4.72 Å². The molecule has 5 N–H and O–H groups in total. The van der Waals surface area contributed by atoms with E-state index in [1.165, 1.54) is 24.4 Å². The van der Waals surface area contributed by atoms with Gasteiger partial charge in [-0.3, -0.25) is 14.4 Å². The zero-order chi connectivity index (χ0) is 36.2. The first kappa shape index (κ1) is 35.8. The maximum atomic E-state index is 13.9. The number of amides is 4. The van der Waals surface area contributed by atoms with Crippen molar-refractivity contribution in [2.24, 2.45) is 0 Å². The van der Waals surface area contributed by atoms with Crippen LogP contribution in [0.5, 0.6) is 0 Å². The fraction of sp³-hybridized carbons (Fsp3) is 0.278. The van der Waals surface area contributed by atoms with Gasteiger partial charge in [0.15, 0.2) is 0 Å². The molecule has 1 aromatic heterocycles. The lowest BCUT2D eigenvalue weighted by atomic mass is 9.91. The molecular formula is C36H40N6O7S. The first-order valence-corrected chi connectivity index (χ1v) is 17.5. The second-order valence-corrected chi connectivity index (χ2v) is 14.4. The van der Waals surface area contributed by atoms with Crippen molar-refractivity contribution in [1.82, 2.24) is 19.5 Å². The number of carbonyl (C=O) groups is 4. The normalized spacial score (nSPS) is 13.9. The van der Waals surface area contributed by atoms with Crippen LogP contribution in [0.2, 0.25) is 0 Å². The standard InChI is InChI=1S/C36H40N6O7S/c1-23-10-16-28(17-11-23)50(48,49)40-30(34(45)46)21-37-32(43)25-20-31-33(44)42(19-7-18-41(31)22-25)36(3,4)26-12-14-27(15-13-26)38-35(47)39-29-9-6-5-8-24(29)2/h5-6,8-17,20,22,30,40H,7,18-19,21H2,1-4H3,(H,37,43)(H,45,46)(H2,38,39,47)/t30-/m1/s1. The van der Waals surface area contributed by atoms with Gasteiger partial charge in [0.25, 0.3) is 11.8 Å². The Morgan fingerprint density at radius 2 is 1.60 bits per heavy atom. The molecule has 50 heavy (non-hydrogen) atoms. The third kappa shape index (κ3) is 8.04. The molecule has 0 unspecified atom stereocenters. The quantitative estimate of drug-likeness (QED) is 0.151. The number of aliphatic carboxylic acids is 1. The van der Waals surface area contributed by atoms with E-state index in [1.54, 1.807) is 40.7 Å². The summed E-state index contributed by atoms with van der Waals surface area (Å²) in [7, 11) is -4.17. The number of aryl methyl sites for hydroxylation is 3. The maximum absolute atomic E-state index is 13.9. The van der Waals surface area contributed by atoms with Crippen LogP contribution in [0.4, 0.5) is 16.2 Å². The highest BCUT2D eigenvalue weighted by Crippen LogP contribution is 2.32. The predicted molar refractivity (Wildman–Crippen MR) is 189 cm³/mol. The van der Waals surface area contributed by atoms with Crippen LogP contribution in [-0.2, 0) is 26.9 Å². The Balaban J connectivity index is 1.24. The molecule has 4 aromatic rings. The van der Waals surface area contributed by atoms with Crippen LogP contribution in [0, 0.1) is 13.8 Å². The molecule has 13 nitrogen and oxygen atoms in total. The van der Waals surface area contributed by atoms with Gasteiger partial charge in [0.05, 0.1) is 16.0 Å². The third-order valence-electron chi connectivity index (χ3n) is 8.71. The number of aromatic nitrogens is 1. The second kappa shape index (κ2) is 14.6. The van der Waals surface area contributed by atoms with Crippen molar-refractivity contribution in [3.05, 3.63) is 113 Å². The SMILES string of the molecule is Cc1ccc(S(=O)(=O)N[C@H](CNC(=O)c2cc3n(c2)CCCN(C(C)(C)c2ccc(NC(=O)Nc4ccccc4C)cc2)C3=O)C(=O)O)cc1. The largest absolute Gasteiger partial charge is 0.480 e. The lowest BCUT2D eigenvalue weighted by Gasteiger charge is -2.38. The first-order chi connectivity index (χ1) is 23.7. The van der Waals surface area contributed by atoms with Crippen LogP contribution in [0.3, 0.4) is 0 Å². The molecule has 0 radical (unpaired) electrons. The summed E-state index contributed by atoms with van der Waals surface area (Å²) in [6.45, 7) is 7.95. The Morgan fingerprint density at radius 3 is 2.26 bits per heavy atom. The van der Waals surface area contributed by atoms with Gasteiger partial charge in [-0.1, -0.05) is 48.0 Å². The number of carboxylic acids is 1. The molecule has 1 atom stereocenters. The molecular weight excluding hydrogens is 660 g/mol. The number of hydrogen-bond donors (Lipinski definition) is 5. The van der Waals surface area contributed by atoms with Crippen LogP contribution in [0.1, 0.15) is 57.8 Å². The van der Waals surface area contributed by atoms with Crippen LogP contribution in [0.25, 0.3) is 0 Å². The van der Waals surface area contributed by atoms with E-state index >= 15 is 0 Å². The molecule has 4 amide bonds. The third-order valence-corrected chi connectivity index (χ3v) is 10.2. The van der Waals surface area contributed by atoms with Crippen LogP contribution in [0.15, 0.2) is 90.0 Å². The average molecular weight is 701 g/mol. The molecule has 0 bridgehead atoms. The van der Waals surface area contributed by atoms with Crippen molar-refractivity contribution < 1.29 is 32.7 Å². The molecule has 2 heterocycles. The van der Waals surface area contributed by atoms with Crippen molar-refractivity contribution in [3.8, 4) is 0 Å². The summed E-state index contributed by atoms with van der Waals surface area (Å²) in [5, 5.41) is 17.8. The zero-order valence-electron chi connectivity index (χ0n) is 28.2. The van der Waals surface area contributed by atoms with Crippen LogP contribution < -0.4 is 20.7 Å². The van der Waals surface area contributed by atoms with E-state index < -0.39 is 40.0 Å². The number of benzene rings is 3. The number of anilines is 2. The number of carboxylic acid groups (broad SMARTS) is 1. The van der Waals surface area contributed by atoms with Crippen molar-refractivity contribution in [3.63, 3.8) is 0 Å². The molecule has 14 heteroatoms. The number of nitrogens with zero attached hydrogens (tertiary/aromatic N) is 2. The Hall–Kier alpha value is -5.47. The Kier molecular flexibility index (Phi) is 10.4. The van der Waals surface area contributed by atoms with E-state index in [-0.39, 0.29) is 22.4 Å². The smallest absolute Gasteiger partial charge is 0.323 e. The van der Waals surface area contributed by atoms with Gasteiger partial charge in [0.2, 0.25) is 10.0 Å². The number of urea groups is 1. The summed E-state index contributed by atoms with van der Waals surface area (Å²) in [6.07, 6.45) is 2.15. The number of nitrogens with one attached hydrogen (secondary N) is 4. The van der Waals surface area contributed by atoms with Gasteiger partial charge in [0.1, 0.15) is 11.7 Å². The summed E-state index contributed by atoms with van der Waals surface area (Å²) in [6, 6.07) is 20.1. The minimum Gasteiger partial charge on any atom is -0.480 e. The highest BCUT2D eigenvalue weighted by atomic mass is 32.2. The summed E-state index contributed by atoms with van der Waals surface area (Å²) in [5.41, 5.74) is 3.57. The number of sulfonamides is 1. The number of carbonyl (C=O) groups excluding carboxylic acids is 3.